The van der Waals surface area contributed by atoms with Crippen LogP contribution in [0.3, 0.4) is 0 Å². The monoisotopic (exact) mass is 161 g/mol. The first-order valence-corrected chi connectivity index (χ1v) is 4.10. The van der Waals surface area contributed by atoms with Crippen molar-refractivity contribution in [3.63, 3.8) is 0 Å². The van der Waals surface area contributed by atoms with Gasteiger partial charge in [0.25, 0.3) is 0 Å². The highest BCUT2D eigenvalue weighted by Gasteiger charge is 1.89. The van der Waals surface area contributed by atoms with Crippen LogP contribution < -0.4 is 0 Å². The molecule has 64 valence electrons. The van der Waals surface area contributed by atoms with Gasteiger partial charge in [0, 0.05) is 0 Å². The van der Waals surface area contributed by atoms with E-state index in [0.717, 1.165) is 17.6 Å². The molecule has 1 nitrogen and oxygen atoms in total. The molecule has 0 aromatic heterocycles. The second-order valence-electron chi connectivity index (χ2n) is 2.71. The first kappa shape index (κ1) is 10.7. The summed E-state index contributed by atoms with van der Waals surface area (Å²) in [4.78, 5) is 0. The van der Waals surface area contributed by atoms with E-state index < -0.39 is 0 Å². The molecule has 0 saturated heterocycles. The van der Waals surface area contributed by atoms with Crippen molar-refractivity contribution in [2.24, 2.45) is 0 Å². The number of hydrogen-bond acceptors (Lipinski definition) is 1. The third kappa shape index (κ3) is 5.49. The molecule has 0 radical (unpaired) electrons. The molecule has 0 heterocycles. The lowest BCUT2D eigenvalue weighted by molar-refractivity contribution is 1.20. The van der Waals surface area contributed by atoms with Crippen LogP contribution in [0.2, 0.25) is 0 Å². The van der Waals surface area contributed by atoms with Crippen molar-refractivity contribution in [2.45, 2.75) is 26.7 Å². The van der Waals surface area contributed by atoms with Gasteiger partial charge in [0.05, 0.1) is 12.5 Å². The second kappa shape index (κ2) is 6.42. The lowest BCUT2D eigenvalue weighted by Gasteiger charge is -1.94. The zero-order valence-electron chi connectivity index (χ0n) is 7.80. The molecule has 0 fully saturated rings. The summed E-state index contributed by atoms with van der Waals surface area (Å²) >= 11 is 0. The molecule has 0 aliphatic carbocycles. The molecule has 0 rings (SSSR count). The second-order valence-corrected chi connectivity index (χ2v) is 2.71. The van der Waals surface area contributed by atoms with Crippen molar-refractivity contribution in [1.82, 2.24) is 0 Å². The van der Waals surface area contributed by atoms with E-state index in [0.29, 0.717) is 6.42 Å². The van der Waals surface area contributed by atoms with Crippen molar-refractivity contribution in [2.75, 3.05) is 0 Å². The molecule has 0 aromatic rings. The standard InChI is InChI=1S/C11H15N/c1-4-5-6-11(7-8-12)9-10(2)3/h5-6,9H,2,4,7H2,1,3H3/b6-5-,11-9+. The Balaban J connectivity index is 4.34. The van der Waals surface area contributed by atoms with Gasteiger partial charge in [-0.1, -0.05) is 37.3 Å². The van der Waals surface area contributed by atoms with Crippen LogP contribution in [0.5, 0.6) is 0 Å². The Morgan fingerprint density at radius 3 is 2.67 bits per heavy atom. The smallest absolute Gasteiger partial charge is 0.0669 e. The molecule has 12 heavy (non-hydrogen) atoms. The van der Waals surface area contributed by atoms with E-state index in [-0.39, 0.29) is 0 Å². The fourth-order valence-corrected chi connectivity index (χ4v) is 0.835. The predicted octanol–water partition coefficient (Wildman–Crippen LogP) is 3.37. The normalized spacial score (nSPS) is 11.6. The van der Waals surface area contributed by atoms with Gasteiger partial charge in [0.1, 0.15) is 0 Å². The molecule has 1 heteroatoms. The highest BCUT2D eigenvalue weighted by atomic mass is 14.2. The summed E-state index contributed by atoms with van der Waals surface area (Å²) in [5.41, 5.74) is 2.02. The molecule has 0 bridgehead atoms. The van der Waals surface area contributed by atoms with Gasteiger partial charge in [-0.05, 0) is 18.9 Å². The summed E-state index contributed by atoms with van der Waals surface area (Å²) in [5, 5.41) is 8.49. The number of allylic oxidation sites excluding steroid dienone is 5. The fraction of sp³-hybridized carbons (Fsp3) is 0.364. The minimum Gasteiger partial charge on any atom is -0.198 e. The van der Waals surface area contributed by atoms with Crippen LogP contribution in [0.1, 0.15) is 26.7 Å². The quantitative estimate of drug-likeness (QED) is 0.580. The lowest BCUT2D eigenvalue weighted by atomic mass is 10.1. The average molecular weight is 161 g/mol. The number of rotatable bonds is 4. The van der Waals surface area contributed by atoms with E-state index in [1.165, 1.54) is 0 Å². The van der Waals surface area contributed by atoms with Crippen LogP contribution in [-0.4, -0.2) is 0 Å². The fourth-order valence-electron chi connectivity index (χ4n) is 0.835. The van der Waals surface area contributed by atoms with Gasteiger partial charge in [0.2, 0.25) is 0 Å². The van der Waals surface area contributed by atoms with Gasteiger partial charge in [-0.3, -0.25) is 0 Å². The molecule has 0 amide bonds. The van der Waals surface area contributed by atoms with Crippen molar-refractivity contribution < 1.29 is 0 Å². The van der Waals surface area contributed by atoms with E-state index in [4.69, 9.17) is 5.26 Å². The van der Waals surface area contributed by atoms with E-state index in [1.54, 1.807) is 0 Å². The van der Waals surface area contributed by atoms with Crippen LogP contribution >= 0.6 is 0 Å². The third-order valence-corrected chi connectivity index (χ3v) is 1.28. The molecule has 0 spiro atoms. The highest BCUT2D eigenvalue weighted by molar-refractivity contribution is 5.29. The van der Waals surface area contributed by atoms with Gasteiger partial charge >= 0.3 is 0 Å². The van der Waals surface area contributed by atoms with Gasteiger partial charge in [-0.2, -0.15) is 5.26 Å². The minimum absolute atomic E-state index is 0.462. The van der Waals surface area contributed by atoms with Gasteiger partial charge in [-0.25, -0.2) is 0 Å². The first-order chi connectivity index (χ1) is 5.70. The zero-order valence-corrected chi connectivity index (χ0v) is 7.80. The summed E-state index contributed by atoms with van der Waals surface area (Å²) in [6.07, 6.45) is 7.43. The highest BCUT2D eigenvalue weighted by Crippen LogP contribution is 2.06. The maximum atomic E-state index is 8.49. The Hall–Kier alpha value is -1.29. The van der Waals surface area contributed by atoms with Crippen LogP contribution in [0.4, 0.5) is 0 Å². The van der Waals surface area contributed by atoms with E-state index >= 15 is 0 Å². The maximum Gasteiger partial charge on any atom is 0.0669 e. The van der Waals surface area contributed by atoms with E-state index in [1.807, 2.05) is 25.2 Å². The van der Waals surface area contributed by atoms with E-state index in [2.05, 4.69) is 19.6 Å². The predicted molar refractivity (Wildman–Crippen MR) is 52.6 cm³/mol. The van der Waals surface area contributed by atoms with Gasteiger partial charge in [-0.15, -0.1) is 0 Å². The Morgan fingerprint density at radius 1 is 1.58 bits per heavy atom. The summed E-state index contributed by atoms with van der Waals surface area (Å²) in [7, 11) is 0. The molecule has 0 aliphatic heterocycles. The van der Waals surface area contributed by atoms with Crippen molar-refractivity contribution in [3.8, 4) is 6.07 Å². The molecule has 0 N–H and O–H groups in total. The van der Waals surface area contributed by atoms with Gasteiger partial charge in [0.15, 0.2) is 0 Å². The topological polar surface area (TPSA) is 23.8 Å². The Bertz CT molecular complexity index is 238. The number of nitriles is 1. The largest absolute Gasteiger partial charge is 0.198 e. The summed E-state index contributed by atoms with van der Waals surface area (Å²) in [6, 6.07) is 2.12. The molecule has 0 aliphatic rings. The Morgan fingerprint density at radius 2 is 2.25 bits per heavy atom. The summed E-state index contributed by atoms with van der Waals surface area (Å²) < 4.78 is 0. The average Bonchev–Trinajstić information content (AvgIpc) is 2.00. The van der Waals surface area contributed by atoms with Crippen LogP contribution in [0.25, 0.3) is 0 Å². The number of hydrogen-bond donors (Lipinski definition) is 0. The third-order valence-electron chi connectivity index (χ3n) is 1.28. The van der Waals surface area contributed by atoms with Crippen molar-refractivity contribution in [3.05, 3.63) is 36.0 Å². The van der Waals surface area contributed by atoms with Crippen molar-refractivity contribution in [1.29, 1.82) is 5.26 Å². The number of nitrogens with zero attached hydrogens (tertiary/aromatic N) is 1. The van der Waals surface area contributed by atoms with Gasteiger partial charge < -0.3 is 0 Å². The van der Waals surface area contributed by atoms with Crippen LogP contribution in [-0.2, 0) is 0 Å². The lowest BCUT2D eigenvalue weighted by Crippen LogP contribution is -1.77. The van der Waals surface area contributed by atoms with Crippen LogP contribution in [0.15, 0.2) is 36.0 Å². The molecular weight excluding hydrogens is 146 g/mol. The summed E-state index contributed by atoms with van der Waals surface area (Å²) in [6.45, 7) is 7.76. The molecule has 0 atom stereocenters. The molecule has 0 aromatic carbocycles. The minimum atomic E-state index is 0.462. The SMILES string of the molecule is C=C(C)/C=C(\C=C/CC)CC#N. The maximum absolute atomic E-state index is 8.49. The first-order valence-electron chi connectivity index (χ1n) is 4.10. The Labute approximate surface area is 74.7 Å². The van der Waals surface area contributed by atoms with E-state index in [9.17, 15) is 0 Å². The van der Waals surface area contributed by atoms with Crippen molar-refractivity contribution >= 4 is 0 Å². The molecular formula is C11H15N. The molecule has 0 unspecified atom stereocenters. The Kier molecular flexibility index (Phi) is 5.73. The molecule has 0 saturated carbocycles. The summed E-state index contributed by atoms with van der Waals surface area (Å²) in [5.74, 6) is 0. The van der Waals surface area contributed by atoms with Crippen LogP contribution in [0, 0.1) is 11.3 Å². The zero-order chi connectivity index (χ0) is 9.40.